The Kier molecular flexibility index (Phi) is 3.35. The SMILES string of the molecule is CCCN1c2cc(C)c(F)cc2NCC2COCC21. The average Bonchev–Trinajstić information content (AvgIpc) is 2.80. The predicted molar refractivity (Wildman–Crippen MR) is 75.4 cm³/mol. The number of hydrogen-bond acceptors (Lipinski definition) is 3. The molecule has 2 heterocycles. The van der Waals surface area contributed by atoms with E-state index in [0.29, 0.717) is 17.5 Å². The van der Waals surface area contributed by atoms with Gasteiger partial charge in [0.15, 0.2) is 0 Å². The van der Waals surface area contributed by atoms with Gasteiger partial charge in [0.05, 0.1) is 30.6 Å². The van der Waals surface area contributed by atoms with Gasteiger partial charge in [0.2, 0.25) is 0 Å². The lowest BCUT2D eigenvalue weighted by Crippen LogP contribution is -2.41. The van der Waals surface area contributed by atoms with Crippen molar-refractivity contribution in [2.75, 3.05) is 36.5 Å². The Morgan fingerprint density at radius 2 is 2.26 bits per heavy atom. The Bertz CT molecular complexity index is 477. The number of benzene rings is 1. The van der Waals surface area contributed by atoms with E-state index in [-0.39, 0.29) is 5.82 Å². The van der Waals surface area contributed by atoms with Crippen LogP contribution in [0.2, 0.25) is 0 Å². The van der Waals surface area contributed by atoms with Crippen molar-refractivity contribution in [1.29, 1.82) is 0 Å². The second-order valence-corrected chi connectivity index (χ2v) is 5.56. The van der Waals surface area contributed by atoms with Crippen molar-refractivity contribution in [3.63, 3.8) is 0 Å². The minimum atomic E-state index is -0.133. The highest BCUT2D eigenvalue weighted by atomic mass is 19.1. The van der Waals surface area contributed by atoms with E-state index in [1.807, 2.05) is 13.0 Å². The quantitative estimate of drug-likeness (QED) is 0.889. The Morgan fingerprint density at radius 1 is 1.42 bits per heavy atom. The van der Waals surface area contributed by atoms with Crippen molar-refractivity contribution in [2.24, 2.45) is 5.92 Å². The molecule has 2 unspecified atom stereocenters. The highest BCUT2D eigenvalue weighted by Gasteiger charge is 2.36. The maximum absolute atomic E-state index is 13.8. The summed E-state index contributed by atoms with van der Waals surface area (Å²) in [6, 6.07) is 4.02. The lowest BCUT2D eigenvalue weighted by atomic mass is 10.0. The van der Waals surface area contributed by atoms with Crippen LogP contribution in [0.4, 0.5) is 15.8 Å². The van der Waals surface area contributed by atoms with Crippen LogP contribution in [0.1, 0.15) is 18.9 Å². The van der Waals surface area contributed by atoms with Gasteiger partial charge in [-0.2, -0.15) is 0 Å². The lowest BCUT2D eigenvalue weighted by Gasteiger charge is -2.32. The van der Waals surface area contributed by atoms with Crippen molar-refractivity contribution in [2.45, 2.75) is 26.3 Å². The Hall–Kier alpha value is -1.29. The van der Waals surface area contributed by atoms with E-state index in [0.717, 1.165) is 44.1 Å². The smallest absolute Gasteiger partial charge is 0.128 e. The van der Waals surface area contributed by atoms with Crippen LogP contribution in [0.15, 0.2) is 12.1 Å². The Labute approximate surface area is 113 Å². The molecule has 19 heavy (non-hydrogen) atoms. The lowest BCUT2D eigenvalue weighted by molar-refractivity contribution is 0.185. The van der Waals surface area contributed by atoms with Gasteiger partial charge in [-0.3, -0.25) is 0 Å². The second-order valence-electron chi connectivity index (χ2n) is 5.56. The molecule has 0 aromatic heterocycles. The topological polar surface area (TPSA) is 24.5 Å². The number of aryl methyl sites for hydroxylation is 1. The highest BCUT2D eigenvalue weighted by Crippen LogP contribution is 2.36. The largest absolute Gasteiger partial charge is 0.383 e. The van der Waals surface area contributed by atoms with E-state index in [9.17, 15) is 4.39 Å². The zero-order valence-electron chi connectivity index (χ0n) is 11.6. The molecular formula is C15H21FN2O. The van der Waals surface area contributed by atoms with E-state index in [2.05, 4.69) is 17.1 Å². The summed E-state index contributed by atoms with van der Waals surface area (Å²) in [5.74, 6) is 0.355. The molecule has 1 N–H and O–H groups in total. The molecule has 3 nitrogen and oxygen atoms in total. The first kappa shape index (κ1) is 12.7. The summed E-state index contributed by atoms with van der Waals surface area (Å²) < 4.78 is 19.4. The van der Waals surface area contributed by atoms with Gasteiger partial charge >= 0.3 is 0 Å². The molecule has 2 atom stereocenters. The van der Waals surface area contributed by atoms with Crippen LogP contribution in [0, 0.1) is 18.7 Å². The fourth-order valence-electron chi connectivity index (χ4n) is 3.12. The van der Waals surface area contributed by atoms with E-state index in [4.69, 9.17) is 4.74 Å². The number of nitrogens with one attached hydrogen (secondary N) is 1. The fraction of sp³-hybridized carbons (Fsp3) is 0.600. The third-order valence-electron chi connectivity index (χ3n) is 4.17. The average molecular weight is 264 g/mol. The van der Waals surface area contributed by atoms with Crippen molar-refractivity contribution in [3.05, 3.63) is 23.5 Å². The van der Waals surface area contributed by atoms with Crippen molar-refractivity contribution in [1.82, 2.24) is 0 Å². The molecule has 2 aliphatic rings. The summed E-state index contributed by atoms with van der Waals surface area (Å²) in [6.07, 6.45) is 1.08. The van der Waals surface area contributed by atoms with Crippen molar-refractivity contribution >= 4 is 11.4 Å². The third kappa shape index (κ3) is 2.18. The number of fused-ring (bicyclic) bond motifs is 2. The molecule has 0 aliphatic carbocycles. The number of hydrogen-bond donors (Lipinski definition) is 1. The molecule has 1 aromatic carbocycles. The molecule has 0 spiro atoms. The standard InChI is InChI=1S/C15H21FN2O/c1-3-4-18-14-5-10(2)12(16)6-13(14)17-7-11-8-19-9-15(11)18/h5-6,11,15,17H,3-4,7-9H2,1-2H3. The maximum atomic E-state index is 13.8. The molecular weight excluding hydrogens is 243 g/mol. The molecule has 2 aliphatic heterocycles. The molecule has 0 radical (unpaired) electrons. The molecule has 0 bridgehead atoms. The summed E-state index contributed by atoms with van der Waals surface area (Å²) in [4.78, 5) is 2.40. The molecule has 3 rings (SSSR count). The summed E-state index contributed by atoms with van der Waals surface area (Å²) >= 11 is 0. The summed E-state index contributed by atoms with van der Waals surface area (Å²) in [6.45, 7) is 7.44. The van der Waals surface area contributed by atoms with E-state index in [1.165, 1.54) is 0 Å². The van der Waals surface area contributed by atoms with Gasteiger partial charge < -0.3 is 15.0 Å². The van der Waals surface area contributed by atoms with Gasteiger partial charge in [0.1, 0.15) is 5.82 Å². The van der Waals surface area contributed by atoms with Gasteiger partial charge in [-0.15, -0.1) is 0 Å². The van der Waals surface area contributed by atoms with Gasteiger partial charge in [0, 0.05) is 19.0 Å². The normalized spacial score (nSPS) is 25.5. The number of ether oxygens (including phenoxy) is 1. The summed E-state index contributed by atoms with van der Waals surface area (Å²) in [7, 11) is 0. The van der Waals surface area contributed by atoms with Crippen LogP contribution < -0.4 is 10.2 Å². The number of halogens is 1. The van der Waals surface area contributed by atoms with Gasteiger partial charge in [-0.05, 0) is 31.0 Å². The minimum Gasteiger partial charge on any atom is -0.383 e. The fourth-order valence-corrected chi connectivity index (χ4v) is 3.12. The minimum absolute atomic E-state index is 0.133. The maximum Gasteiger partial charge on any atom is 0.128 e. The summed E-state index contributed by atoms with van der Waals surface area (Å²) in [5, 5.41) is 3.39. The molecule has 1 aromatic rings. The molecule has 0 saturated carbocycles. The van der Waals surface area contributed by atoms with Gasteiger partial charge in [-0.25, -0.2) is 4.39 Å². The number of nitrogens with zero attached hydrogens (tertiary/aromatic N) is 1. The predicted octanol–water partition coefficient (Wildman–Crippen LogP) is 2.79. The first-order chi connectivity index (χ1) is 9.20. The van der Waals surface area contributed by atoms with Crippen LogP contribution in [-0.4, -0.2) is 32.3 Å². The Morgan fingerprint density at radius 3 is 3.05 bits per heavy atom. The first-order valence-corrected chi connectivity index (χ1v) is 7.09. The van der Waals surface area contributed by atoms with Gasteiger partial charge in [0.25, 0.3) is 0 Å². The summed E-state index contributed by atoms with van der Waals surface area (Å²) in [5.41, 5.74) is 2.75. The first-order valence-electron chi connectivity index (χ1n) is 7.09. The van der Waals surface area contributed by atoms with E-state index < -0.39 is 0 Å². The monoisotopic (exact) mass is 264 g/mol. The number of rotatable bonds is 2. The molecule has 104 valence electrons. The molecule has 4 heteroatoms. The number of anilines is 2. The van der Waals surface area contributed by atoms with E-state index in [1.54, 1.807) is 6.07 Å². The zero-order valence-corrected chi connectivity index (χ0v) is 11.6. The zero-order chi connectivity index (χ0) is 13.4. The van der Waals surface area contributed by atoms with Crippen LogP contribution in [0.5, 0.6) is 0 Å². The van der Waals surface area contributed by atoms with E-state index >= 15 is 0 Å². The van der Waals surface area contributed by atoms with Crippen molar-refractivity contribution in [3.8, 4) is 0 Å². The van der Waals surface area contributed by atoms with Crippen LogP contribution in [0.25, 0.3) is 0 Å². The van der Waals surface area contributed by atoms with Crippen molar-refractivity contribution < 1.29 is 9.13 Å². The van der Waals surface area contributed by atoms with Crippen LogP contribution in [-0.2, 0) is 4.74 Å². The van der Waals surface area contributed by atoms with Crippen LogP contribution >= 0.6 is 0 Å². The molecule has 0 amide bonds. The van der Waals surface area contributed by atoms with Gasteiger partial charge in [-0.1, -0.05) is 6.92 Å². The van der Waals surface area contributed by atoms with Crippen LogP contribution in [0.3, 0.4) is 0 Å². The molecule has 1 fully saturated rings. The molecule has 1 saturated heterocycles. The Balaban J connectivity index is 2.04. The third-order valence-corrected chi connectivity index (χ3v) is 4.17. The highest BCUT2D eigenvalue weighted by molar-refractivity contribution is 5.72. The second kappa shape index (κ2) is 5.00.